The predicted octanol–water partition coefficient (Wildman–Crippen LogP) is 2.87. The van der Waals surface area contributed by atoms with Gasteiger partial charge in [0.2, 0.25) is 10.0 Å². The van der Waals surface area contributed by atoms with Crippen molar-refractivity contribution in [2.24, 2.45) is 5.92 Å². The van der Waals surface area contributed by atoms with Crippen LogP contribution in [0, 0.1) is 5.92 Å². The Morgan fingerprint density at radius 1 is 1.18 bits per heavy atom. The number of carbonyl (C=O) groups excluding carboxylic acids is 1. The molecule has 1 aliphatic carbocycles. The van der Waals surface area contributed by atoms with E-state index in [2.05, 4.69) is 33.8 Å². The monoisotopic (exact) mass is 402 g/mol. The van der Waals surface area contributed by atoms with Gasteiger partial charge in [0.15, 0.2) is 0 Å². The van der Waals surface area contributed by atoms with Crippen molar-refractivity contribution in [3.63, 3.8) is 0 Å². The van der Waals surface area contributed by atoms with Gasteiger partial charge in [-0.05, 0) is 62.9 Å². The van der Waals surface area contributed by atoms with Crippen LogP contribution in [0.25, 0.3) is 0 Å². The molecule has 8 heteroatoms. The number of carbonyl (C=O) groups is 1. The first kappa shape index (κ1) is 20.3. The fraction of sp³-hybridized carbons (Fsp3) is 0.400. The molecule has 0 unspecified atom stereocenters. The molecule has 1 heterocycles. The number of benzene rings is 1. The molecule has 28 heavy (non-hydrogen) atoms. The minimum atomic E-state index is -3.61. The molecular formula is C20H26N4O3S. The Morgan fingerprint density at radius 3 is 2.54 bits per heavy atom. The van der Waals surface area contributed by atoms with Gasteiger partial charge >= 0.3 is 0 Å². The maximum absolute atomic E-state index is 12.5. The summed E-state index contributed by atoms with van der Waals surface area (Å²) in [5, 5.41) is 2.76. The third-order valence-corrected chi connectivity index (χ3v) is 6.18. The van der Waals surface area contributed by atoms with Gasteiger partial charge in [0.1, 0.15) is 5.82 Å². The van der Waals surface area contributed by atoms with Gasteiger partial charge in [0.05, 0.1) is 16.8 Å². The molecular weight excluding hydrogens is 376 g/mol. The maximum Gasteiger partial charge on any atom is 0.255 e. The number of nitrogens with one attached hydrogen (secondary N) is 2. The highest BCUT2D eigenvalue weighted by molar-refractivity contribution is 7.89. The lowest BCUT2D eigenvalue weighted by molar-refractivity contribution is 0.102. The van der Waals surface area contributed by atoms with Gasteiger partial charge in [-0.25, -0.2) is 18.1 Å². The van der Waals surface area contributed by atoms with E-state index in [1.54, 1.807) is 24.4 Å². The van der Waals surface area contributed by atoms with Gasteiger partial charge in [0.25, 0.3) is 5.91 Å². The molecule has 0 spiro atoms. The van der Waals surface area contributed by atoms with Crippen molar-refractivity contribution in [3.8, 4) is 0 Å². The summed E-state index contributed by atoms with van der Waals surface area (Å²) in [4.78, 5) is 19.1. The smallest absolute Gasteiger partial charge is 0.255 e. The van der Waals surface area contributed by atoms with Crippen molar-refractivity contribution in [2.75, 3.05) is 29.9 Å². The number of anilines is 2. The van der Waals surface area contributed by atoms with E-state index >= 15 is 0 Å². The van der Waals surface area contributed by atoms with Crippen molar-refractivity contribution in [2.45, 2.75) is 31.6 Å². The van der Waals surface area contributed by atoms with Gasteiger partial charge in [-0.15, -0.1) is 0 Å². The van der Waals surface area contributed by atoms with Crippen LogP contribution in [0.1, 0.15) is 37.0 Å². The molecule has 2 N–H and O–H groups in total. The number of hydrogen-bond acceptors (Lipinski definition) is 5. The molecule has 0 saturated heterocycles. The second kappa shape index (κ2) is 8.70. The molecule has 1 aliphatic rings. The van der Waals surface area contributed by atoms with Crippen LogP contribution in [0.15, 0.2) is 47.5 Å². The Balaban J connectivity index is 1.69. The third-order valence-electron chi connectivity index (χ3n) is 4.76. The Labute approximate surface area is 166 Å². The number of hydrogen-bond donors (Lipinski definition) is 2. The summed E-state index contributed by atoms with van der Waals surface area (Å²) in [6.07, 6.45) is 3.72. The molecule has 2 aromatic rings. The van der Waals surface area contributed by atoms with Crippen LogP contribution in [0.4, 0.5) is 11.5 Å². The molecule has 1 fully saturated rings. The van der Waals surface area contributed by atoms with Crippen LogP contribution < -0.4 is 14.9 Å². The lowest BCUT2D eigenvalue weighted by atomic mass is 10.2. The van der Waals surface area contributed by atoms with E-state index in [1.807, 2.05) is 6.07 Å². The van der Waals surface area contributed by atoms with E-state index in [0.717, 1.165) is 31.7 Å². The zero-order chi connectivity index (χ0) is 20.1. The first-order chi connectivity index (χ1) is 13.4. The number of pyridine rings is 1. The second-order valence-corrected chi connectivity index (χ2v) is 8.62. The third kappa shape index (κ3) is 5.08. The first-order valence-corrected chi connectivity index (χ1v) is 11.0. The van der Waals surface area contributed by atoms with Crippen LogP contribution in [0.5, 0.6) is 0 Å². The fourth-order valence-electron chi connectivity index (χ4n) is 2.84. The lowest BCUT2D eigenvalue weighted by Gasteiger charge is -2.19. The number of rotatable bonds is 9. The van der Waals surface area contributed by atoms with E-state index in [0.29, 0.717) is 18.2 Å². The van der Waals surface area contributed by atoms with Gasteiger partial charge in [0, 0.05) is 25.2 Å². The SMILES string of the molecule is CCN(CC)c1ccc(NC(=O)c2cccc(S(=O)(=O)NCC3CC3)c2)cn1. The molecule has 0 radical (unpaired) electrons. The number of aromatic nitrogens is 1. The lowest BCUT2D eigenvalue weighted by Crippen LogP contribution is -2.26. The highest BCUT2D eigenvalue weighted by atomic mass is 32.2. The summed E-state index contributed by atoms with van der Waals surface area (Å²) in [7, 11) is -3.61. The molecule has 1 saturated carbocycles. The first-order valence-electron chi connectivity index (χ1n) is 9.55. The van der Waals surface area contributed by atoms with Gasteiger partial charge in [-0.1, -0.05) is 6.07 Å². The molecule has 1 amide bonds. The molecule has 150 valence electrons. The Bertz CT molecular complexity index is 921. The van der Waals surface area contributed by atoms with Crippen molar-refractivity contribution in [1.82, 2.24) is 9.71 Å². The van der Waals surface area contributed by atoms with Crippen LogP contribution >= 0.6 is 0 Å². The van der Waals surface area contributed by atoms with Crippen molar-refractivity contribution < 1.29 is 13.2 Å². The molecule has 0 atom stereocenters. The normalized spacial score (nSPS) is 13.9. The Morgan fingerprint density at radius 2 is 1.93 bits per heavy atom. The summed E-state index contributed by atoms with van der Waals surface area (Å²) in [5.74, 6) is 0.905. The zero-order valence-corrected chi connectivity index (χ0v) is 17.0. The maximum atomic E-state index is 12.5. The van der Waals surface area contributed by atoms with Crippen LogP contribution in [0.3, 0.4) is 0 Å². The average molecular weight is 403 g/mol. The topological polar surface area (TPSA) is 91.4 Å². The fourth-order valence-corrected chi connectivity index (χ4v) is 4.00. The summed E-state index contributed by atoms with van der Waals surface area (Å²) >= 11 is 0. The van der Waals surface area contributed by atoms with Gasteiger partial charge in [-0.2, -0.15) is 0 Å². The summed E-state index contributed by atoms with van der Waals surface area (Å²) < 4.78 is 27.4. The van der Waals surface area contributed by atoms with Crippen molar-refractivity contribution in [1.29, 1.82) is 0 Å². The van der Waals surface area contributed by atoms with Crippen LogP contribution in [0.2, 0.25) is 0 Å². The molecule has 0 bridgehead atoms. The Kier molecular flexibility index (Phi) is 6.31. The van der Waals surface area contributed by atoms with E-state index in [1.165, 1.54) is 12.1 Å². The van der Waals surface area contributed by atoms with Crippen molar-refractivity contribution in [3.05, 3.63) is 48.2 Å². The molecule has 1 aromatic carbocycles. The van der Waals surface area contributed by atoms with E-state index < -0.39 is 10.0 Å². The molecule has 0 aliphatic heterocycles. The predicted molar refractivity (Wildman–Crippen MR) is 110 cm³/mol. The van der Waals surface area contributed by atoms with E-state index in [4.69, 9.17) is 0 Å². The van der Waals surface area contributed by atoms with Crippen molar-refractivity contribution >= 4 is 27.4 Å². The Hall–Kier alpha value is -2.45. The second-order valence-electron chi connectivity index (χ2n) is 6.85. The number of sulfonamides is 1. The molecule has 3 rings (SSSR count). The standard InChI is InChI=1S/C20H26N4O3S/c1-3-24(4-2)19-11-10-17(14-21-19)23-20(25)16-6-5-7-18(12-16)28(26,27)22-13-15-8-9-15/h5-7,10-12,14-15,22H,3-4,8-9,13H2,1-2H3,(H,23,25). The summed E-state index contributed by atoms with van der Waals surface area (Å²) in [5.41, 5.74) is 0.836. The van der Waals surface area contributed by atoms with E-state index in [9.17, 15) is 13.2 Å². The number of amides is 1. The van der Waals surface area contributed by atoms with Crippen LogP contribution in [-0.4, -0.2) is 38.9 Å². The number of nitrogens with zero attached hydrogens (tertiary/aromatic N) is 2. The summed E-state index contributed by atoms with van der Waals surface area (Å²) in [6, 6.07) is 9.69. The zero-order valence-electron chi connectivity index (χ0n) is 16.2. The highest BCUT2D eigenvalue weighted by Crippen LogP contribution is 2.28. The largest absolute Gasteiger partial charge is 0.357 e. The quantitative estimate of drug-likeness (QED) is 0.673. The molecule has 1 aromatic heterocycles. The minimum absolute atomic E-state index is 0.0933. The average Bonchev–Trinajstić information content (AvgIpc) is 3.53. The van der Waals surface area contributed by atoms with Gasteiger partial charge < -0.3 is 10.2 Å². The minimum Gasteiger partial charge on any atom is -0.357 e. The van der Waals surface area contributed by atoms with E-state index in [-0.39, 0.29) is 16.4 Å². The van der Waals surface area contributed by atoms with Gasteiger partial charge in [-0.3, -0.25) is 4.79 Å². The van der Waals surface area contributed by atoms with Crippen LogP contribution in [-0.2, 0) is 10.0 Å². The highest BCUT2D eigenvalue weighted by Gasteiger charge is 2.24. The summed E-state index contributed by atoms with van der Waals surface area (Å²) in [6.45, 7) is 6.27. The molecule has 7 nitrogen and oxygen atoms in total.